The molecule has 0 N–H and O–H groups in total. The lowest BCUT2D eigenvalue weighted by molar-refractivity contribution is 0.0301. The fourth-order valence-electron chi connectivity index (χ4n) is 2.26. The number of hydrogen-bond acceptors (Lipinski definition) is 0. The molecule has 3 heteroatoms. The van der Waals surface area contributed by atoms with Crippen LogP contribution in [0.3, 0.4) is 0 Å². The van der Waals surface area contributed by atoms with Crippen LogP contribution in [0.25, 0.3) is 0 Å². The molecule has 0 bridgehead atoms. The summed E-state index contributed by atoms with van der Waals surface area (Å²) < 4.78 is 25.3. The molecule has 0 aromatic rings. The number of hydrogen-bond donors (Lipinski definition) is 0. The highest BCUT2D eigenvalue weighted by Crippen LogP contribution is 2.35. The summed E-state index contributed by atoms with van der Waals surface area (Å²) >= 11 is 3.25. The number of rotatable bonds is 4. The van der Waals surface area contributed by atoms with Crippen molar-refractivity contribution < 1.29 is 8.78 Å². The van der Waals surface area contributed by atoms with Crippen molar-refractivity contribution >= 4 is 15.9 Å². The van der Waals surface area contributed by atoms with Gasteiger partial charge in [-0.2, -0.15) is 0 Å². The summed E-state index contributed by atoms with van der Waals surface area (Å²) in [5.74, 6) is -0.0778. The minimum absolute atomic E-state index is 0.284. The largest absolute Gasteiger partial charge is 0.241 e. The predicted molar refractivity (Wildman–Crippen MR) is 54.5 cm³/mol. The van der Waals surface area contributed by atoms with Gasteiger partial charge in [0.2, 0.25) is 6.43 Å². The summed E-state index contributed by atoms with van der Waals surface area (Å²) in [7, 11) is 0. The van der Waals surface area contributed by atoms with Crippen molar-refractivity contribution in [3.05, 3.63) is 0 Å². The molecule has 0 heterocycles. The van der Waals surface area contributed by atoms with Gasteiger partial charge in [0.25, 0.3) is 0 Å². The minimum atomic E-state index is -2.12. The number of alkyl halides is 3. The van der Waals surface area contributed by atoms with E-state index in [0.717, 1.165) is 25.7 Å². The third kappa shape index (κ3) is 3.53. The third-order valence-corrected chi connectivity index (χ3v) is 3.48. The maximum atomic E-state index is 12.6. The van der Waals surface area contributed by atoms with E-state index in [9.17, 15) is 8.78 Å². The van der Waals surface area contributed by atoms with E-state index < -0.39 is 6.43 Å². The van der Waals surface area contributed by atoms with E-state index in [1.807, 2.05) is 0 Å². The van der Waals surface area contributed by atoms with Gasteiger partial charge >= 0.3 is 0 Å². The van der Waals surface area contributed by atoms with E-state index in [0.29, 0.717) is 11.8 Å². The van der Waals surface area contributed by atoms with Crippen molar-refractivity contribution in [2.45, 2.75) is 45.0 Å². The maximum Gasteiger partial charge on any atom is 0.241 e. The number of halogens is 3. The topological polar surface area (TPSA) is 0 Å². The molecule has 1 atom stereocenters. The van der Waals surface area contributed by atoms with Crippen LogP contribution in [0.5, 0.6) is 0 Å². The monoisotopic (exact) mass is 254 g/mol. The van der Waals surface area contributed by atoms with E-state index >= 15 is 0 Å². The van der Waals surface area contributed by atoms with Gasteiger partial charge in [-0.15, -0.1) is 0 Å². The zero-order valence-electron chi connectivity index (χ0n) is 7.82. The molecule has 1 saturated carbocycles. The summed E-state index contributed by atoms with van der Waals surface area (Å²) in [6.07, 6.45) is 4.07. The summed E-state index contributed by atoms with van der Waals surface area (Å²) in [4.78, 5) is 0. The van der Waals surface area contributed by atoms with Crippen LogP contribution in [0.4, 0.5) is 8.78 Å². The molecule has 0 spiro atoms. The first-order valence-electron chi connectivity index (χ1n) is 5.10. The molecule has 1 aliphatic carbocycles. The van der Waals surface area contributed by atoms with Crippen LogP contribution in [0.2, 0.25) is 0 Å². The van der Waals surface area contributed by atoms with Crippen LogP contribution >= 0.6 is 15.9 Å². The fraction of sp³-hybridized carbons (Fsp3) is 1.00. The third-order valence-electron chi connectivity index (χ3n) is 3.02. The van der Waals surface area contributed by atoms with Crippen LogP contribution in [-0.2, 0) is 0 Å². The van der Waals surface area contributed by atoms with Gasteiger partial charge in [-0.3, -0.25) is 0 Å². The molecule has 0 aliphatic heterocycles. The molecule has 1 rings (SSSR count). The molecule has 0 nitrogen and oxygen atoms in total. The van der Waals surface area contributed by atoms with Crippen molar-refractivity contribution in [3.8, 4) is 0 Å². The molecule has 0 amide bonds. The summed E-state index contributed by atoms with van der Waals surface area (Å²) in [6.45, 7) is 0. The average Bonchev–Trinajstić information content (AvgIpc) is 2.15. The standard InChI is InChI=1S/C10H17BrF2/c11-7-6-9(10(12)13)8-4-2-1-3-5-8/h8-10H,1-7H2. The minimum Gasteiger partial charge on any atom is -0.210 e. The van der Waals surface area contributed by atoms with Gasteiger partial charge < -0.3 is 0 Å². The van der Waals surface area contributed by atoms with Crippen LogP contribution in [0.15, 0.2) is 0 Å². The van der Waals surface area contributed by atoms with Crippen LogP contribution in [0, 0.1) is 11.8 Å². The normalized spacial score (nSPS) is 22.2. The highest BCUT2D eigenvalue weighted by Gasteiger charge is 2.29. The Bertz CT molecular complexity index is 133. The SMILES string of the molecule is FC(F)C(CCBr)C1CCCCC1. The van der Waals surface area contributed by atoms with Gasteiger partial charge in [0.05, 0.1) is 0 Å². The van der Waals surface area contributed by atoms with Gasteiger partial charge in [-0.05, 0) is 25.2 Å². The Morgan fingerprint density at radius 1 is 1.15 bits per heavy atom. The van der Waals surface area contributed by atoms with E-state index in [2.05, 4.69) is 15.9 Å². The second-order valence-corrected chi connectivity index (χ2v) is 4.67. The molecule has 1 fully saturated rings. The smallest absolute Gasteiger partial charge is 0.210 e. The van der Waals surface area contributed by atoms with E-state index in [1.165, 1.54) is 6.42 Å². The quantitative estimate of drug-likeness (QED) is 0.659. The summed E-state index contributed by atoms with van der Waals surface area (Å²) in [6, 6.07) is 0. The Labute approximate surface area is 87.2 Å². The van der Waals surface area contributed by atoms with Crippen molar-refractivity contribution in [1.82, 2.24) is 0 Å². The molecule has 0 radical (unpaired) electrons. The first-order chi connectivity index (χ1) is 6.25. The molecular formula is C10H17BrF2. The van der Waals surface area contributed by atoms with Crippen molar-refractivity contribution in [3.63, 3.8) is 0 Å². The predicted octanol–water partition coefficient (Wildman–Crippen LogP) is 4.23. The first kappa shape index (κ1) is 11.4. The lowest BCUT2D eigenvalue weighted by Crippen LogP contribution is -2.24. The van der Waals surface area contributed by atoms with Gasteiger partial charge in [0.1, 0.15) is 0 Å². The van der Waals surface area contributed by atoms with E-state index in [1.54, 1.807) is 0 Å². The van der Waals surface area contributed by atoms with Crippen LogP contribution in [0.1, 0.15) is 38.5 Å². The highest BCUT2D eigenvalue weighted by atomic mass is 79.9. The zero-order valence-corrected chi connectivity index (χ0v) is 9.40. The second-order valence-electron chi connectivity index (χ2n) is 3.87. The molecule has 1 aliphatic rings. The van der Waals surface area contributed by atoms with Crippen molar-refractivity contribution in [2.75, 3.05) is 5.33 Å². The maximum absolute atomic E-state index is 12.6. The lowest BCUT2D eigenvalue weighted by atomic mass is 9.79. The van der Waals surface area contributed by atoms with Gasteiger partial charge in [-0.1, -0.05) is 35.2 Å². The Kier molecular flexibility index (Phi) is 5.22. The molecule has 0 aromatic heterocycles. The van der Waals surface area contributed by atoms with Crippen molar-refractivity contribution in [1.29, 1.82) is 0 Å². The van der Waals surface area contributed by atoms with E-state index in [4.69, 9.17) is 0 Å². The summed E-state index contributed by atoms with van der Waals surface area (Å²) in [5.41, 5.74) is 0. The van der Waals surface area contributed by atoms with Crippen LogP contribution < -0.4 is 0 Å². The average molecular weight is 255 g/mol. The second kappa shape index (κ2) is 5.94. The summed E-state index contributed by atoms with van der Waals surface area (Å²) in [5, 5.41) is 0.707. The Hall–Kier alpha value is 0.340. The van der Waals surface area contributed by atoms with Gasteiger partial charge in [-0.25, -0.2) is 8.78 Å². The van der Waals surface area contributed by atoms with Gasteiger partial charge in [0, 0.05) is 11.2 Å². The molecule has 0 saturated heterocycles. The van der Waals surface area contributed by atoms with Crippen LogP contribution in [-0.4, -0.2) is 11.8 Å². The fourth-order valence-corrected chi connectivity index (χ4v) is 2.78. The Balaban J connectivity index is 2.41. The molecule has 78 valence electrons. The molecule has 13 heavy (non-hydrogen) atoms. The molecule has 0 aromatic carbocycles. The molecule has 1 unspecified atom stereocenters. The highest BCUT2D eigenvalue weighted by molar-refractivity contribution is 9.09. The first-order valence-corrected chi connectivity index (χ1v) is 6.22. The molecular weight excluding hydrogens is 238 g/mol. The van der Waals surface area contributed by atoms with E-state index in [-0.39, 0.29) is 11.8 Å². The lowest BCUT2D eigenvalue weighted by Gasteiger charge is -2.29. The van der Waals surface area contributed by atoms with Gasteiger partial charge in [0.15, 0.2) is 0 Å². The Morgan fingerprint density at radius 3 is 2.23 bits per heavy atom. The Morgan fingerprint density at radius 2 is 1.77 bits per heavy atom. The van der Waals surface area contributed by atoms with Crippen molar-refractivity contribution in [2.24, 2.45) is 11.8 Å². The zero-order chi connectivity index (χ0) is 9.68.